The number of nitrogens with one attached hydrogen (secondary N) is 1. The molecule has 0 fully saturated rings. The van der Waals surface area contributed by atoms with Gasteiger partial charge in [-0.25, -0.2) is 4.39 Å². The molecule has 0 bridgehead atoms. The third-order valence-corrected chi connectivity index (χ3v) is 5.26. The van der Waals surface area contributed by atoms with Crippen molar-refractivity contribution >= 4 is 33.6 Å². The smallest absolute Gasteiger partial charge is 0.266 e. The minimum atomic E-state index is -0.604. The Morgan fingerprint density at radius 3 is 2.07 bits per heavy atom. The minimum absolute atomic E-state index is 0.100. The van der Waals surface area contributed by atoms with Crippen LogP contribution in [-0.4, -0.2) is 11.0 Å². The number of rotatable bonds is 3. The summed E-state index contributed by atoms with van der Waals surface area (Å²) in [5.74, 6) is -0.817. The molecule has 0 aliphatic carbocycles. The van der Waals surface area contributed by atoms with E-state index in [0.717, 1.165) is 11.1 Å². The van der Waals surface area contributed by atoms with Gasteiger partial charge < -0.3 is 10.4 Å². The maximum absolute atomic E-state index is 13.3. The summed E-state index contributed by atoms with van der Waals surface area (Å²) >= 11 is 3.20. The second-order valence-electron chi connectivity index (χ2n) is 9.21. The lowest BCUT2D eigenvalue weighted by molar-refractivity contribution is -0.112. The number of hydrogen-bond donors (Lipinski definition) is 2. The quantitative estimate of drug-likeness (QED) is 0.398. The molecule has 0 atom stereocenters. The van der Waals surface area contributed by atoms with Gasteiger partial charge in [-0.2, -0.15) is 5.26 Å². The second-order valence-corrected chi connectivity index (χ2v) is 10.1. The van der Waals surface area contributed by atoms with Crippen LogP contribution in [-0.2, 0) is 15.6 Å². The van der Waals surface area contributed by atoms with Gasteiger partial charge in [-0.05, 0) is 68.7 Å². The molecule has 0 saturated carbocycles. The molecule has 158 valence electrons. The molecule has 0 heterocycles. The maximum Gasteiger partial charge on any atom is 0.266 e. The van der Waals surface area contributed by atoms with E-state index in [-0.39, 0.29) is 22.2 Å². The SMILES string of the molecule is CC(C)(C)c1cc(/C=C(\C#N)C(=O)Nc2ccc(F)cc2Br)cc(C(C)(C)C)c1O. The van der Waals surface area contributed by atoms with Crippen molar-refractivity contribution in [1.29, 1.82) is 5.26 Å². The monoisotopic (exact) mass is 472 g/mol. The fourth-order valence-electron chi connectivity index (χ4n) is 2.98. The molecule has 6 heteroatoms. The van der Waals surface area contributed by atoms with Crippen molar-refractivity contribution in [1.82, 2.24) is 0 Å². The largest absolute Gasteiger partial charge is 0.507 e. The normalized spacial score (nSPS) is 12.4. The third kappa shape index (κ3) is 5.48. The topological polar surface area (TPSA) is 73.1 Å². The van der Waals surface area contributed by atoms with Gasteiger partial charge >= 0.3 is 0 Å². The molecule has 0 aliphatic heterocycles. The van der Waals surface area contributed by atoms with Crippen LogP contribution >= 0.6 is 15.9 Å². The lowest BCUT2D eigenvalue weighted by Gasteiger charge is -2.28. The number of amides is 1. The summed E-state index contributed by atoms with van der Waals surface area (Å²) in [6, 6.07) is 9.39. The van der Waals surface area contributed by atoms with Crippen molar-refractivity contribution in [3.63, 3.8) is 0 Å². The van der Waals surface area contributed by atoms with Crippen LogP contribution in [0.15, 0.2) is 40.4 Å². The van der Waals surface area contributed by atoms with Gasteiger partial charge in [0, 0.05) is 15.6 Å². The van der Waals surface area contributed by atoms with Crippen molar-refractivity contribution in [2.75, 3.05) is 5.32 Å². The fourth-order valence-corrected chi connectivity index (χ4v) is 3.43. The Hall–Kier alpha value is -2.65. The number of hydrogen-bond acceptors (Lipinski definition) is 3. The van der Waals surface area contributed by atoms with Gasteiger partial charge in [0.1, 0.15) is 23.2 Å². The molecule has 0 aromatic heterocycles. The molecule has 0 saturated heterocycles. The summed E-state index contributed by atoms with van der Waals surface area (Å²) in [7, 11) is 0. The van der Waals surface area contributed by atoms with Gasteiger partial charge in [0.05, 0.1) is 5.69 Å². The Labute approximate surface area is 185 Å². The van der Waals surface area contributed by atoms with Crippen LogP contribution in [0.3, 0.4) is 0 Å². The third-order valence-electron chi connectivity index (χ3n) is 4.60. The Morgan fingerprint density at radius 2 is 1.63 bits per heavy atom. The van der Waals surface area contributed by atoms with Crippen molar-refractivity contribution in [2.45, 2.75) is 52.4 Å². The summed E-state index contributed by atoms with van der Waals surface area (Å²) in [6.07, 6.45) is 1.50. The van der Waals surface area contributed by atoms with Crippen LogP contribution in [0.2, 0.25) is 0 Å². The summed E-state index contributed by atoms with van der Waals surface area (Å²) in [5.41, 5.74) is 1.72. The molecule has 0 unspecified atom stereocenters. The molecule has 30 heavy (non-hydrogen) atoms. The average Bonchev–Trinajstić information content (AvgIpc) is 2.61. The molecule has 1 amide bonds. The molecule has 2 aromatic rings. The number of phenolic OH excluding ortho intramolecular Hbond substituents is 1. The van der Waals surface area contributed by atoms with E-state index in [2.05, 4.69) is 21.2 Å². The number of carbonyl (C=O) groups is 1. The Balaban J connectivity index is 2.53. The molecule has 2 aromatic carbocycles. The first kappa shape index (κ1) is 23.6. The first-order chi connectivity index (χ1) is 13.7. The maximum atomic E-state index is 13.3. The summed E-state index contributed by atoms with van der Waals surface area (Å²) in [5, 5.41) is 23.0. The molecule has 2 N–H and O–H groups in total. The Kier molecular flexibility index (Phi) is 6.78. The van der Waals surface area contributed by atoms with Gasteiger partial charge in [-0.3, -0.25) is 4.79 Å². The first-order valence-electron chi connectivity index (χ1n) is 9.50. The highest BCUT2D eigenvalue weighted by molar-refractivity contribution is 9.10. The lowest BCUT2D eigenvalue weighted by atomic mass is 9.78. The van der Waals surface area contributed by atoms with Crippen LogP contribution in [0, 0.1) is 17.1 Å². The predicted octanol–water partition coefficient (Wildman–Crippen LogP) is 6.43. The molecular weight excluding hydrogens is 447 g/mol. The second kappa shape index (κ2) is 8.61. The van der Waals surface area contributed by atoms with Crippen LogP contribution < -0.4 is 5.32 Å². The highest BCUT2D eigenvalue weighted by Gasteiger charge is 2.26. The van der Waals surface area contributed by atoms with Crippen molar-refractivity contribution in [2.24, 2.45) is 0 Å². The highest BCUT2D eigenvalue weighted by Crippen LogP contribution is 2.40. The van der Waals surface area contributed by atoms with Crippen LogP contribution in [0.4, 0.5) is 10.1 Å². The van der Waals surface area contributed by atoms with Crippen LogP contribution in [0.25, 0.3) is 6.08 Å². The number of phenols is 1. The van der Waals surface area contributed by atoms with Gasteiger partial charge in [-0.1, -0.05) is 41.5 Å². The number of anilines is 1. The zero-order chi connectivity index (χ0) is 22.9. The number of nitriles is 1. The number of benzene rings is 2. The molecule has 0 spiro atoms. The average molecular weight is 473 g/mol. The summed E-state index contributed by atoms with van der Waals surface area (Å²) < 4.78 is 13.6. The van der Waals surface area contributed by atoms with Gasteiger partial charge in [0.15, 0.2) is 0 Å². The standard InChI is InChI=1S/C24H26BrFN2O2/c1-23(2,3)17-10-14(11-18(21(17)29)24(4,5)6)9-15(13-27)22(30)28-20-8-7-16(26)12-19(20)25/h7-12,29H,1-6H3,(H,28,30)/b15-9+. The van der Waals surface area contributed by atoms with E-state index >= 15 is 0 Å². The van der Waals surface area contributed by atoms with Gasteiger partial charge in [-0.15, -0.1) is 0 Å². The Morgan fingerprint density at radius 1 is 1.10 bits per heavy atom. The zero-order valence-corrected chi connectivity index (χ0v) is 19.6. The minimum Gasteiger partial charge on any atom is -0.507 e. The predicted molar refractivity (Wildman–Crippen MR) is 122 cm³/mol. The zero-order valence-electron chi connectivity index (χ0n) is 18.0. The van der Waals surface area contributed by atoms with E-state index in [4.69, 9.17) is 0 Å². The van der Waals surface area contributed by atoms with Crippen LogP contribution in [0.5, 0.6) is 5.75 Å². The molecule has 2 rings (SSSR count). The first-order valence-corrected chi connectivity index (χ1v) is 10.3. The van der Waals surface area contributed by atoms with E-state index < -0.39 is 11.7 Å². The van der Waals surface area contributed by atoms with Crippen molar-refractivity contribution < 1.29 is 14.3 Å². The fraction of sp³-hybridized carbons (Fsp3) is 0.333. The molecular formula is C24H26BrFN2O2. The Bertz CT molecular complexity index is 1020. The van der Waals surface area contributed by atoms with Crippen molar-refractivity contribution in [3.05, 3.63) is 62.9 Å². The van der Waals surface area contributed by atoms with E-state index in [0.29, 0.717) is 15.7 Å². The van der Waals surface area contributed by atoms with E-state index in [9.17, 15) is 19.6 Å². The number of aromatic hydroxyl groups is 1. The van der Waals surface area contributed by atoms with Gasteiger partial charge in [0.2, 0.25) is 0 Å². The van der Waals surface area contributed by atoms with E-state index in [1.807, 2.05) is 47.6 Å². The van der Waals surface area contributed by atoms with Crippen molar-refractivity contribution in [3.8, 4) is 11.8 Å². The van der Waals surface area contributed by atoms with Gasteiger partial charge in [0.25, 0.3) is 5.91 Å². The molecule has 0 radical (unpaired) electrons. The molecule has 0 aliphatic rings. The molecule has 4 nitrogen and oxygen atoms in total. The lowest BCUT2D eigenvalue weighted by Crippen LogP contribution is -2.18. The number of halogens is 2. The van der Waals surface area contributed by atoms with E-state index in [1.165, 1.54) is 24.3 Å². The summed E-state index contributed by atoms with van der Waals surface area (Å²) in [6.45, 7) is 12.0. The highest BCUT2D eigenvalue weighted by atomic mass is 79.9. The summed E-state index contributed by atoms with van der Waals surface area (Å²) in [4.78, 5) is 12.6. The number of carbonyl (C=O) groups excluding carboxylic acids is 1. The van der Waals surface area contributed by atoms with Crippen LogP contribution in [0.1, 0.15) is 58.2 Å². The number of nitrogens with zero attached hydrogens (tertiary/aromatic N) is 1. The van der Waals surface area contributed by atoms with E-state index in [1.54, 1.807) is 12.1 Å².